The van der Waals surface area contributed by atoms with E-state index in [1.807, 2.05) is 65.6 Å². The van der Waals surface area contributed by atoms with Crippen LogP contribution in [0.5, 0.6) is 0 Å². The monoisotopic (exact) mass is 381 g/mol. The van der Waals surface area contributed by atoms with Crippen molar-refractivity contribution in [3.8, 4) is 0 Å². The van der Waals surface area contributed by atoms with Crippen molar-refractivity contribution in [2.75, 3.05) is 5.75 Å². The second-order valence-electron chi connectivity index (χ2n) is 5.96. The maximum Gasteiger partial charge on any atom is 0.233 e. The maximum absolute atomic E-state index is 12.9. The molecule has 2 nitrogen and oxygen atoms in total. The Morgan fingerprint density at radius 3 is 1.77 bits per heavy atom. The number of hydrogen-bond acceptors (Lipinski definition) is 2. The van der Waals surface area contributed by atoms with Crippen molar-refractivity contribution in [3.63, 3.8) is 0 Å². The summed E-state index contributed by atoms with van der Waals surface area (Å²) in [7, 11) is 0. The molecule has 0 N–H and O–H groups in total. The lowest BCUT2D eigenvalue weighted by Crippen LogP contribution is -2.31. The molecule has 0 aromatic heterocycles. The van der Waals surface area contributed by atoms with Crippen molar-refractivity contribution in [2.24, 2.45) is 0 Å². The summed E-state index contributed by atoms with van der Waals surface area (Å²) in [6.07, 6.45) is 0. The van der Waals surface area contributed by atoms with Gasteiger partial charge in [-0.15, -0.1) is 11.8 Å². The molecule has 0 atom stereocenters. The van der Waals surface area contributed by atoms with E-state index >= 15 is 0 Å². The highest BCUT2D eigenvalue weighted by atomic mass is 35.5. The van der Waals surface area contributed by atoms with Crippen molar-refractivity contribution in [1.82, 2.24) is 4.90 Å². The zero-order chi connectivity index (χ0) is 18.2. The van der Waals surface area contributed by atoms with Gasteiger partial charge in [-0.1, -0.05) is 72.3 Å². The quantitative estimate of drug-likeness (QED) is 0.492. The van der Waals surface area contributed by atoms with E-state index in [-0.39, 0.29) is 5.91 Å². The molecule has 1 amide bonds. The van der Waals surface area contributed by atoms with Crippen LogP contribution in [0.1, 0.15) is 11.1 Å². The van der Waals surface area contributed by atoms with Crippen LogP contribution in [-0.2, 0) is 17.9 Å². The number of carbonyl (C=O) groups excluding carboxylic acids is 1. The molecule has 3 aromatic carbocycles. The molecule has 0 unspecified atom stereocenters. The first-order chi connectivity index (χ1) is 12.7. The standard InChI is InChI=1S/C22H20ClNOS/c23-20-11-13-21(14-12-20)26-17-22(25)24(15-18-7-3-1-4-8-18)16-19-9-5-2-6-10-19/h1-14H,15-17H2. The van der Waals surface area contributed by atoms with Crippen molar-refractivity contribution in [1.29, 1.82) is 0 Å². The van der Waals surface area contributed by atoms with Crippen LogP contribution >= 0.6 is 23.4 Å². The lowest BCUT2D eigenvalue weighted by atomic mass is 10.1. The molecule has 0 saturated carbocycles. The molecule has 26 heavy (non-hydrogen) atoms. The number of rotatable bonds is 7. The summed E-state index contributed by atoms with van der Waals surface area (Å²) in [6.45, 7) is 1.21. The fraction of sp³-hybridized carbons (Fsp3) is 0.136. The average Bonchev–Trinajstić information content (AvgIpc) is 2.68. The first-order valence-electron chi connectivity index (χ1n) is 8.45. The third-order valence-corrected chi connectivity index (χ3v) is 5.21. The number of benzene rings is 3. The molecule has 0 saturated heterocycles. The smallest absolute Gasteiger partial charge is 0.233 e. The average molecular weight is 382 g/mol. The van der Waals surface area contributed by atoms with E-state index in [1.165, 1.54) is 11.8 Å². The first-order valence-corrected chi connectivity index (χ1v) is 9.81. The summed E-state index contributed by atoms with van der Waals surface area (Å²) in [5, 5.41) is 0.704. The van der Waals surface area contributed by atoms with Crippen LogP contribution in [0.3, 0.4) is 0 Å². The SMILES string of the molecule is O=C(CSc1ccc(Cl)cc1)N(Cc1ccccc1)Cc1ccccc1. The summed E-state index contributed by atoms with van der Waals surface area (Å²) in [6, 6.07) is 27.8. The molecular weight excluding hydrogens is 362 g/mol. The van der Waals surface area contributed by atoms with Crippen LogP contribution in [0.15, 0.2) is 89.8 Å². The minimum atomic E-state index is 0.123. The lowest BCUT2D eigenvalue weighted by molar-refractivity contribution is -0.129. The van der Waals surface area contributed by atoms with Crippen molar-refractivity contribution < 1.29 is 4.79 Å². The van der Waals surface area contributed by atoms with Gasteiger partial charge in [0.25, 0.3) is 0 Å². The number of hydrogen-bond donors (Lipinski definition) is 0. The normalized spacial score (nSPS) is 10.5. The van der Waals surface area contributed by atoms with E-state index in [1.54, 1.807) is 0 Å². The molecule has 0 bridgehead atoms. The van der Waals surface area contributed by atoms with Gasteiger partial charge in [0.1, 0.15) is 0 Å². The van der Waals surface area contributed by atoms with E-state index < -0.39 is 0 Å². The topological polar surface area (TPSA) is 20.3 Å². The molecule has 0 aliphatic rings. The Hall–Kier alpha value is -2.23. The van der Waals surface area contributed by atoms with Gasteiger partial charge >= 0.3 is 0 Å². The number of nitrogens with zero attached hydrogens (tertiary/aromatic N) is 1. The van der Waals surface area contributed by atoms with Crippen LogP contribution in [0.4, 0.5) is 0 Å². The molecule has 0 radical (unpaired) electrons. The predicted octanol–water partition coefficient (Wildman–Crippen LogP) is 5.66. The van der Waals surface area contributed by atoms with Gasteiger partial charge in [0.15, 0.2) is 0 Å². The van der Waals surface area contributed by atoms with Crippen molar-refractivity contribution in [3.05, 3.63) is 101 Å². The summed E-state index contributed by atoms with van der Waals surface area (Å²) < 4.78 is 0. The molecular formula is C22H20ClNOS. The van der Waals surface area contributed by atoms with Crippen LogP contribution < -0.4 is 0 Å². The van der Waals surface area contributed by atoms with E-state index in [9.17, 15) is 4.79 Å². The molecule has 132 valence electrons. The number of thioether (sulfide) groups is 1. The van der Waals surface area contributed by atoms with E-state index in [0.717, 1.165) is 16.0 Å². The van der Waals surface area contributed by atoms with Crippen molar-refractivity contribution in [2.45, 2.75) is 18.0 Å². The highest BCUT2D eigenvalue weighted by Gasteiger charge is 2.15. The molecule has 4 heteroatoms. The Bertz CT molecular complexity index is 780. The van der Waals surface area contributed by atoms with Gasteiger partial charge < -0.3 is 4.90 Å². The molecule has 3 aromatic rings. The van der Waals surface area contributed by atoms with Crippen LogP contribution in [0.2, 0.25) is 5.02 Å². The van der Waals surface area contributed by atoms with Crippen molar-refractivity contribution >= 4 is 29.3 Å². The molecule has 0 heterocycles. The van der Waals surface area contributed by atoms with E-state index in [0.29, 0.717) is 23.9 Å². The summed E-state index contributed by atoms with van der Waals surface area (Å²) in [5.41, 5.74) is 2.27. The fourth-order valence-electron chi connectivity index (χ4n) is 2.61. The number of halogens is 1. The minimum absolute atomic E-state index is 0.123. The van der Waals surface area contributed by atoms with Gasteiger partial charge in [0.05, 0.1) is 5.75 Å². The van der Waals surface area contributed by atoms with Gasteiger partial charge in [-0.2, -0.15) is 0 Å². The highest BCUT2D eigenvalue weighted by Crippen LogP contribution is 2.21. The van der Waals surface area contributed by atoms with Gasteiger partial charge in [0, 0.05) is 23.0 Å². The predicted molar refractivity (Wildman–Crippen MR) is 109 cm³/mol. The Balaban J connectivity index is 1.68. The third kappa shape index (κ3) is 5.65. The van der Waals surface area contributed by atoms with Crippen LogP contribution in [0.25, 0.3) is 0 Å². The van der Waals surface area contributed by atoms with Crippen LogP contribution in [-0.4, -0.2) is 16.6 Å². The van der Waals surface area contributed by atoms with E-state index in [2.05, 4.69) is 24.3 Å². The van der Waals surface area contributed by atoms with Gasteiger partial charge in [-0.25, -0.2) is 0 Å². The largest absolute Gasteiger partial charge is 0.333 e. The first kappa shape index (κ1) is 18.6. The second kappa shape index (κ2) is 9.46. The number of amides is 1. The Morgan fingerprint density at radius 2 is 1.27 bits per heavy atom. The molecule has 0 aliphatic carbocycles. The minimum Gasteiger partial charge on any atom is -0.333 e. The molecule has 0 spiro atoms. The number of carbonyl (C=O) groups is 1. The summed E-state index contributed by atoms with van der Waals surface area (Å²) >= 11 is 7.46. The maximum atomic E-state index is 12.9. The molecule has 3 rings (SSSR count). The Morgan fingerprint density at radius 1 is 0.769 bits per heavy atom. The second-order valence-corrected chi connectivity index (χ2v) is 7.45. The third-order valence-electron chi connectivity index (χ3n) is 3.96. The van der Waals surface area contributed by atoms with Crippen LogP contribution in [0, 0.1) is 0 Å². The lowest BCUT2D eigenvalue weighted by Gasteiger charge is -2.23. The Labute approximate surface area is 163 Å². The van der Waals surface area contributed by atoms with Gasteiger partial charge in [-0.3, -0.25) is 4.79 Å². The van der Waals surface area contributed by atoms with Gasteiger partial charge in [0.2, 0.25) is 5.91 Å². The zero-order valence-corrected chi connectivity index (χ0v) is 15.9. The molecule has 0 fully saturated rings. The van der Waals surface area contributed by atoms with E-state index in [4.69, 9.17) is 11.6 Å². The molecule has 0 aliphatic heterocycles. The fourth-order valence-corrected chi connectivity index (χ4v) is 3.53. The summed E-state index contributed by atoms with van der Waals surface area (Å²) in [5.74, 6) is 0.527. The summed E-state index contributed by atoms with van der Waals surface area (Å²) in [4.78, 5) is 15.8. The highest BCUT2D eigenvalue weighted by molar-refractivity contribution is 8.00. The van der Waals surface area contributed by atoms with Gasteiger partial charge in [-0.05, 0) is 35.4 Å². The zero-order valence-electron chi connectivity index (χ0n) is 14.3. The Kier molecular flexibility index (Phi) is 6.75.